The summed E-state index contributed by atoms with van der Waals surface area (Å²) in [6.07, 6.45) is -0.371. The summed E-state index contributed by atoms with van der Waals surface area (Å²) in [7, 11) is 0. The SMILES string of the molecule is O=C(O)C(O)c1c(F)ccc2c1OCCC2. The van der Waals surface area contributed by atoms with Crippen LogP contribution in [0.3, 0.4) is 0 Å². The van der Waals surface area contributed by atoms with Crippen molar-refractivity contribution in [2.45, 2.75) is 18.9 Å². The molecule has 0 amide bonds. The monoisotopic (exact) mass is 226 g/mol. The van der Waals surface area contributed by atoms with Crippen molar-refractivity contribution in [1.82, 2.24) is 0 Å². The fourth-order valence-corrected chi connectivity index (χ4v) is 1.80. The number of ether oxygens (including phenoxy) is 1. The Morgan fingerprint density at radius 1 is 1.50 bits per heavy atom. The fraction of sp³-hybridized carbons (Fsp3) is 0.364. The number of aliphatic carboxylic acids is 1. The number of carboxylic acid groups (broad SMARTS) is 1. The maximum Gasteiger partial charge on any atom is 0.337 e. The second-order valence-corrected chi connectivity index (χ2v) is 3.64. The van der Waals surface area contributed by atoms with E-state index in [1.807, 2.05) is 0 Å². The van der Waals surface area contributed by atoms with Gasteiger partial charge in [0.25, 0.3) is 0 Å². The van der Waals surface area contributed by atoms with Crippen LogP contribution < -0.4 is 4.74 Å². The van der Waals surface area contributed by atoms with Crippen LogP contribution in [0.25, 0.3) is 0 Å². The number of halogens is 1. The van der Waals surface area contributed by atoms with Gasteiger partial charge in [-0.15, -0.1) is 0 Å². The van der Waals surface area contributed by atoms with Gasteiger partial charge in [-0.1, -0.05) is 6.07 Å². The first-order valence-electron chi connectivity index (χ1n) is 4.96. The Balaban J connectivity index is 2.53. The van der Waals surface area contributed by atoms with Crippen molar-refractivity contribution in [2.75, 3.05) is 6.61 Å². The fourth-order valence-electron chi connectivity index (χ4n) is 1.80. The van der Waals surface area contributed by atoms with Crippen molar-refractivity contribution in [3.8, 4) is 5.75 Å². The average Bonchev–Trinajstić information content (AvgIpc) is 2.28. The van der Waals surface area contributed by atoms with Crippen LogP contribution in [0.1, 0.15) is 23.7 Å². The topological polar surface area (TPSA) is 66.8 Å². The summed E-state index contributed by atoms with van der Waals surface area (Å²) in [5.74, 6) is -2.06. The number of carboxylic acids is 1. The summed E-state index contributed by atoms with van der Waals surface area (Å²) >= 11 is 0. The average molecular weight is 226 g/mol. The van der Waals surface area contributed by atoms with E-state index in [0.717, 1.165) is 18.1 Å². The molecule has 2 rings (SSSR count). The Morgan fingerprint density at radius 3 is 2.94 bits per heavy atom. The van der Waals surface area contributed by atoms with Gasteiger partial charge < -0.3 is 14.9 Å². The molecule has 0 fully saturated rings. The third-order valence-electron chi connectivity index (χ3n) is 2.57. The summed E-state index contributed by atoms with van der Waals surface area (Å²) in [5, 5.41) is 18.1. The van der Waals surface area contributed by atoms with Crippen molar-refractivity contribution in [1.29, 1.82) is 0 Å². The van der Waals surface area contributed by atoms with Gasteiger partial charge in [-0.05, 0) is 24.5 Å². The molecular weight excluding hydrogens is 215 g/mol. The van der Waals surface area contributed by atoms with Gasteiger partial charge in [0.1, 0.15) is 11.6 Å². The van der Waals surface area contributed by atoms with Crippen LogP contribution >= 0.6 is 0 Å². The first-order chi connectivity index (χ1) is 7.61. The minimum Gasteiger partial charge on any atom is -0.493 e. The molecule has 0 saturated heterocycles. The lowest BCUT2D eigenvalue weighted by atomic mass is 9.99. The third kappa shape index (κ3) is 1.74. The van der Waals surface area contributed by atoms with Crippen molar-refractivity contribution in [3.63, 3.8) is 0 Å². The van der Waals surface area contributed by atoms with Crippen LogP contribution in [0.5, 0.6) is 5.75 Å². The molecule has 0 radical (unpaired) electrons. The minimum atomic E-state index is -1.88. The lowest BCUT2D eigenvalue weighted by Gasteiger charge is -2.21. The van der Waals surface area contributed by atoms with Crippen LogP contribution in [0.4, 0.5) is 4.39 Å². The highest BCUT2D eigenvalue weighted by Gasteiger charge is 2.27. The van der Waals surface area contributed by atoms with Crippen molar-refractivity contribution in [2.24, 2.45) is 0 Å². The van der Waals surface area contributed by atoms with Crippen LogP contribution in [0.2, 0.25) is 0 Å². The summed E-state index contributed by atoms with van der Waals surface area (Å²) < 4.78 is 18.7. The molecule has 1 aliphatic rings. The van der Waals surface area contributed by atoms with Gasteiger partial charge in [0.15, 0.2) is 6.10 Å². The zero-order valence-corrected chi connectivity index (χ0v) is 8.44. The molecule has 0 aliphatic carbocycles. The number of carbonyl (C=O) groups is 1. The zero-order chi connectivity index (χ0) is 11.7. The number of aliphatic hydroxyl groups is 1. The highest BCUT2D eigenvalue weighted by molar-refractivity contribution is 5.75. The number of rotatable bonds is 2. The quantitative estimate of drug-likeness (QED) is 0.796. The van der Waals surface area contributed by atoms with Crippen molar-refractivity contribution in [3.05, 3.63) is 29.1 Å². The van der Waals surface area contributed by atoms with Crippen LogP contribution in [-0.4, -0.2) is 22.8 Å². The van der Waals surface area contributed by atoms with E-state index < -0.39 is 17.9 Å². The molecule has 1 aromatic rings. The molecule has 86 valence electrons. The number of hydrogen-bond acceptors (Lipinski definition) is 3. The van der Waals surface area contributed by atoms with Crippen molar-refractivity contribution < 1.29 is 24.1 Å². The Bertz CT molecular complexity index is 430. The molecule has 1 heterocycles. The summed E-state index contributed by atoms with van der Waals surface area (Å²) in [6.45, 7) is 0.412. The van der Waals surface area contributed by atoms with Gasteiger partial charge >= 0.3 is 5.97 Å². The molecule has 0 spiro atoms. The largest absolute Gasteiger partial charge is 0.493 e. The molecular formula is C11H11FO4. The highest BCUT2D eigenvalue weighted by atomic mass is 19.1. The molecule has 4 nitrogen and oxygen atoms in total. The van der Waals surface area contributed by atoms with Gasteiger partial charge in [-0.25, -0.2) is 9.18 Å². The summed E-state index contributed by atoms with van der Waals surface area (Å²) in [5.41, 5.74) is 0.465. The first-order valence-corrected chi connectivity index (χ1v) is 4.96. The maximum absolute atomic E-state index is 13.5. The molecule has 0 saturated carbocycles. The second-order valence-electron chi connectivity index (χ2n) is 3.64. The van der Waals surface area contributed by atoms with E-state index in [-0.39, 0.29) is 11.3 Å². The van der Waals surface area contributed by atoms with Crippen LogP contribution in [0.15, 0.2) is 12.1 Å². The number of benzene rings is 1. The standard InChI is InChI=1S/C11H11FO4/c12-7-4-3-6-2-1-5-16-10(6)8(7)9(13)11(14)15/h3-4,9,13H,1-2,5H2,(H,14,15). The van der Waals surface area contributed by atoms with Crippen LogP contribution in [-0.2, 0) is 11.2 Å². The number of hydrogen-bond donors (Lipinski definition) is 2. The second kappa shape index (κ2) is 4.09. The molecule has 0 aromatic heterocycles. The predicted molar refractivity (Wildman–Crippen MR) is 52.8 cm³/mol. The Labute approximate surface area is 91.3 Å². The Hall–Kier alpha value is -1.62. The van der Waals surface area contributed by atoms with Gasteiger partial charge in [0.2, 0.25) is 0 Å². The molecule has 5 heteroatoms. The normalized spacial score (nSPS) is 16.1. The maximum atomic E-state index is 13.5. The van der Waals surface area contributed by atoms with E-state index in [1.54, 1.807) is 6.07 Å². The van der Waals surface area contributed by atoms with Crippen molar-refractivity contribution >= 4 is 5.97 Å². The third-order valence-corrected chi connectivity index (χ3v) is 2.57. The minimum absolute atomic E-state index is 0.182. The Kier molecular flexibility index (Phi) is 2.78. The predicted octanol–water partition coefficient (Wildman–Crippen LogP) is 1.27. The van der Waals surface area contributed by atoms with Gasteiger partial charge in [0, 0.05) is 0 Å². The molecule has 1 aliphatic heterocycles. The molecule has 0 bridgehead atoms. The molecule has 1 aromatic carbocycles. The molecule has 16 heavy (non-hydrogen) atoms. The number of aryl methyl sites for hydroxylation is 1. The van der Waals surface area contributed by atoms with E-state index in [0.29, 0.717) is 13.0 Å². The van der Waals surface area contributed by atoms with Crippen LogP contribution in [0, 0.1) is 5.82 Å². The number of aliphatic hydroxyl groups excluding tert-OH is 1. The van der Waals surface area contributed by atoms with E-state index in [1.165, 1.54) is 0 Å². The molecule has 1 unspecified atom stereocenters. The lowest BCUT2D eigenvalue weighted by molar-refractivity contribution is -0.147. The summed E-state index contributed by atoms with van der Waals surface area (Å²) in [4.78, 5) is 10.7. The van der Waals surface area contributed by atoms with E-state index in [2.05, 4.69) is 0 Å². The van der Waals surface area contributed by atoms with E-state index in [4.69, 9.17) is 9.84 Å². The van der Waals surface area contributed by atoms with Gasteiger partial charge in [-0.3, -0.25) is 0 Å². The summed E-state index contributed by atoms with van der Waals surface area (Å²) in [6, 6.07) is 2.72. The van der Waals surface area contributed by atoms with Gasteiger partial charge in [0.05, 0.1) is 12.2 Å². The van der Waals surface area contributed by atoms with E-state index >= 15 is 0 Å². The Morgan fingerprint density at radius 2 is 2.25 bits per heavy atom. The molecule has 1 atom stereocenters. The molecule has 2 N–H and O–H groups in total. The highest BCUT2D eigenvalue weighted by Crippen LogP contribution is 2.35. The van der Waals surface area contributed by atoms with Gasteiger partial charge in [-0.2, -0.15) is 0 Å². The zero-order valence-electron chi connectivity index (χ0n) is 8.44. The lowest BCUT2D eigenvalue weighted by Crippen LogP contribution is -2.18. The first kappa shape index (κ1) is 10.9. The number of fused-ring (bicyclic) bond motifs is 1. The van der Waals surface area contributed by atoms with E-state index in [9.17, 15) is 14.3 Å². The smallest absolute Gasteiger partial charge is 0.337 e.